The maximum absolute atomic E-state index is 6.62. The average Bonchev–Trinajstić information content (AvgIpc) is 3.70. The minimum absolute atomic E-state index is 0. The van der Waals surface area contributed by atoms with Gasteiger partial charge in [0.05, 0.1) is 0 Å². The molecule has 1 aliphatic rings. The van der Waals surface area contributed by atoms with E-state index in [0.29, 0.717) is 11.5 Å². The summed E-state index contributed by atoms with van der Waals surface area (Å²) in [5.41, 5.74) is 11.8. The SMILES string of the molecule is CC(C)(C)c1ccc(N(c2[c-]c(Oc3[c-]c(N4[CH-]N(c5c(-c6ccccc6)cccc5-c5ccccc5)c5c4ccc4ccccc54)ccc3)ccc2)c2ccccn2)cc1.[Pt]. The first-order valence-corrected chi connectivity index (χ1v) is 20.6. The Hall–Kier alpha value is -6.94. The Morgan fingerprint density at radius 3 is 1.85 bits per heavy atom. The first kappa shape index (κ1) is 40.5. The molecule has 0 fully saturated rings. The molecular formula is C56H43N4OPt-3. The predicted octanol–water partition coefficient (Wildman–Crippen LogP) is 15.1. The van der Waals surface area contributed by atoms with Crippen molar-refractivity contribution in [3.63, 3.8) is 0 Å². The number of pyridine rings is 1. The van der Waals surface area contributed by atoms with E-state index in [9.17, 15) is 0 Å². The van der Waals surface area contributed by atoms with Gasteiger partial charge < -0.3 is 19.4 Å². The molecule has 9 aromatic rings. The Kier molecular flexibility index (Phi) is 11.2. The van der Waals surface area contributed by atoms with Crippen LogP contribution in [0.3, 0.4) is 0 Å². The van der Waals surface area contributed by atoms with Gasteiger partial charge in [-0.2, -0.15) is 12.1 Å². The van der Waals surface area contributed by atoms with E-state index in [1.807, 2.05) is 54.7 Å². The largest absolute Gasteiger partial charge is 0.509 e. The van der Waals surface area contributed by atoms with Crippen molar-refractivity contribution in [1.29, 1.82) is 0 Å². The van der Waals surface area contributed by atoms with Crippen LogP contribution in [-0.4, -0.2) is 4.98 Å². The number of fused-ring (bicyclic) bond motifs is 3. The molecule has 62 heavy (non-hydrogen) atoms. The van der Waals surface area contributed by atoms with Gasteiger partial charge in [-0.15, -0.1) is 48.8 Å². The van der Waals surface area contributed by atoms with Gasteiger partial charge in [0.25, 0.3) is 0 Å². The van der Waals surface area contributed by atoms with Gasteiger partial charge in [-0.1, -0.05) is 154 Å². The molecule has 0 radical (unpaired) electrons. The number of anilines is 7. The minimum atomic E-state index is 0. The molecule has 10 rings (SSSR count). The van der Waals surface area contributed by atoms with Crippen LogP contribution in [0.4, 0.5) is 39.9 Å². The second-order valence-corrected chi connectivity index (χ2v) is 16.2. The fourth-order valence-corrected chi connectivity index (χ4v) is 8.16. The van der Waals surface area contributed by atoms with Gasteiger partial charge in [-0.05, 0) is 57.8 Å². The number of para-hydroxylation sites is 1. The maximum Gasteiger partial charge on any atom is 0.135 e. The number of nitrogens with zero attached hydrogens (tertiary/aromatic N) is 4. The van der Waals surface area contributed by atoms with Crippen molar-refractivity contribution in [2.75, 3.05) is 14.7 Å². The molecule has 0 atom stereocenters. The normalized spacial score (nSPS) is 12.2. The van der Waals surface area contributed by atoms with E-state index in [1.165, 1.54) is 10.9 Å². The number of aromatic nitrogens is 1. The van der Waals surface area contributed by atoms with Crippen LogP contribution in [0.2, 0.25) is 0 Å². The zero-order valence-corrected chi connectivity index (χ0v) is 36.9. The summed E-state index contributed by atoms with van der Waals surface area (Å²) < 4.78 is 6.62. The van der Waals surface area contributed by atoms with Crippen LogP contribution in [0.1, 0.15) is 26.3 Å². The van der Waals surface area contributed by atoms with E-state index < -0.39 is 0 Å². The molecule has 5 nitrogen and oxygen atoms in total. The van der Waals surface area contributed by atoms with Crippen molar-refractivity contribution in [2.24, 2.45) is 0 Å². The Balaban J connectivity index is 0.00000490. The van der Waals surface area contributed by atoms with Crippen molar-refractivity contribution in [1.82, 2.24) is 4.98 Å². The smallest absolute Gasteiger partial charge is 0.135 e. The molecule has 0 spiro atoms. The second kappa shape index (κ2) is 17.2. The zero-order valence-electron chi connectivity index (χ0n) is 34.6. The van der Waals surface area contributed by atoms with Gasteiger partial charge in [0.2, 0.25) is 0 Å². The third kappa shape index (κ3) is 7.88. The van der Waals surface area contributed by atoms with Gasteiger partial charge in [0, 0.05) is 78.0 Å². The minimum Gasteiger partial charge on any atom is -0.509 e. The molecular weight excluding hydrogens is 940 g/mol. The molecule has 2 heterocycles. The monoisotopic (exact) mass is 982 g/mol. The topological polar surface area (TPSA) is 31.8 Å². The van der Waals surface area contributed by atoms with Crippen LogP contribution in [0.25, 0.3) is 33.0 Å². The molecule has 6 heteroatoms. The molecule has 306 valence electrons. The first-order valence-electron chi connectivity index (χ1n) is 20.6. The first-order chi connectivity index (χ1) is 29.9. The second-order valence-electron chi connectivity index (χ2n) is 16.2. The summed E-state index contributed by atoms with van der Waals surface area (Å²) in [5.74, 6) is 1.94. The maximum atomic E-state index is 6.62. The summed E-state index contributed by atoms with van der Waals surface area (Å²) >= 11 is 0. The van der Waals surface area contributed by atoms with Gasteiger partial charge in [0.1, 0.15) is 5.82 Å². The van der Waals surface area contributed by atoms with Crippen LogP contribution < -0.4 is 19.4 Å². The zero-order chi connectivity index (χ0) is 41.3. The molecule has 0 saturated carbocycles. The summed E-state index contributed by atoms with van der Waals surface area (Å²) in [6, 6.07) is 74.7. The van der Waals surface area contributed by atoms with E-state index in [1.54, 1.807) is 0 Å². The molecule has 0 saturated heterocycles. The summed E-state index contributed by atoms with van der Waals surface area (Å²) in [6.07, 6.45) is 1.81. The van der Waals surface area contributed by atoms with Gasteiger partial charge in [-0.25, -0.2) is 4.98 Å². The van der Waals surface area contributed by atoms with E-state index in [2.05, 4.69) is 200 Å². The fraction of sp³-hybridized carbons (Fsp3) is 0.0714. The molecule has 1 aliphatic heterocycles. The average molecular weight is 983 g/mol. The number of benzene rings is 8. The summed E-state index contributed by atoms with van der Waals surface area (Å²) in [6.45, 7) is 8.88. The van der Waals surface area contributed by atoms with E-state index in [0.717, 1.165) is 67.6 Å². The fourth-order valence-electron chi connectivity index (χ4n) is 8.16. The number of hydrogen-bond donors (Lipinski definition) is 0. The summed E-state index contributed by atoms with van der Waals surface area (Å²) in [5, 5.41) is 2.33. The Morgan fingerprint density at radius 1 is 0.548 bits per heavy atom. The third-order valence-electron chi connectivity index (χ3n) is 11.2. The van der Waals surface area contributed by atoms with Crippen LogP contribution in [0.5, 0.6) is 11.5 Å². The van der Waals surface area contributed by atoms with Crippen molar-refractivity contribution in [2.45, 2.75) is 26.2 Å². The van der Waals surface area contributed by atoms with Crippen LogP contribution in [-0.2, 0) is 26.5 Å². The van der Waals surface area contributed by atoms with Crippen molar-refractivity contribution >= 4 is 50.7 Å². The number of ether oxygens (including phenoxy) is 1. The quantitative estimate of drug-likeness (QED) is 0.135. The Morgan fingerprint density at radius 2 is 1.18 bits per heavy atom. The number of hydrogen-bond acceptors (Lipinski definition) is 5. The van der Waals surface area contributed by atoms with Crippen molar-refractivity contribution in [3.05, 3.63) is 225 Å². The van der Waals surface area contributed by atoms with E-state index in [4.69, 9.17) is 9.72 Å². The van der Waals surface area contributed by atoms with Crippen LogP contribution >= 0.6 is 0 Å². The molecule has 0 amide bonds. The van der Waals surface area contributed by atoms with Crippen LogP contribution in [0.15, 0.2) is 200 Å². The number of rotatable bonds is 9. The van der Waals surface area contributed by atoms with Gasteiger partial charge in [-0.3, -0.25) is 0 Å². The van der Waals surface area contributed by atoms with Gasteiger partial charge in [0.15, 0.2) is 0 Å². The molecule has 0 unspecified atom stereocenters. The third-order valence-corrected chi connectivity index (χ3v) is 11.2. The van der Waals surface area contributed by atoms with Crippen molar-refractivity contribution in [3.8, 4) is 33.8 Å². The molecule has 1 aromatic heterocycles. The summed E-state index contributed by atoms with van der Waals surface area (Å²) in [4.78, 5) is 11.4. The Labute approximate surface area is 378 Å². The van der Waals surface area contributed by atoms with Crippen LogP contribution in [0, 0.1) is 18.8 Å². The molecule has 0 N–H and O–H groups in total. The molecule has 8 aromatic carbocycles. The predicted molar refractivity (Wildman–Crippen MR) is 252 cm³/mol. The molecule has 0 aliphatic carbocycles. The van der Waals surface area contributed by atoms with Gasteiger partial charge >= 0.3 is 0 Å². The summed E-state index contributed by atoms with van der Waals surface area (Å²) in [7, 11) is 0. The van der Waals surface area contributed by atoms with E-state index in [-0.39, 0.29) is 26.5 Å². The van der Waals surface area contributed by atoms with E-state index >= 15 is 0 Å². The standard InChI is InChI=1S/C56H43N4O.Pt/c1-56(2,3)43-31-33-44(34-32-43)60(53-29-12-13-36-57-53)46-23-15-25-48(38-46)61-47-24-14-22-45(37-47)58-39-59(55-51-26-11-10-21-42(51)30-35-52(55)58)54-49(40-17-6-4-7-18-40)27-16-28-50(54)41-19-8-5-9-20-41;/h4-36,39H,1-3H3;/q-3;. The molecule has 0 bridgehead atoms. The Bertz CT molecular complexity index is 2910. The van der Waals surface area contributed by atoms with Crippen molar-refractivity contribution < 1.29 is 25.8 Å².